The molecule has 9 nitrogen and oxygen atoms in total. The lowest BCUT2D eigenvalue weighted by molar-refractivity contribution is -0.182. The Morgan fingerprint density at radius 1 is 1.10 bits per heavy atom. The molecule has 2 N–H and O–H groups in total. The minimum absolute atomic E-state index is 0.286. The van der Waals surface area contributed by atoms with Gasteiger partial charge in [0.15, 0.2) is 6.61 Å². The minimum Gasteiger partial charge on any atom is -0.466 e. The van der Waals surface area contributed by atoms with Crippen molar-refractivity contribution in [1.82, 2.24) is 5.32 Å². The number of ether oxygens (including phenoxy) is 2. The zero-order chi connectivity index (χ0) is 25.6. The number of halogens is 3. The molecule has 0 aliphatic heterocycles. The molecule has 0 atom stereocenters. The minimum atomic E-state index is -4.46. The largest absolute Gasteiger partial charge is 0.466 e. The van der Waals surface area contributed by atoms with Crippen molar-refractivity contribution in [3.05, 3.63) is 37.0 Å². The van der Waals surface area contributed by atoms with Gasteiger partial charge in [0.2, 0.25) is 5.91 Å². The van der Waals surface area contributed by atoms with Gasteiger partial charge in [-0.25, -0.2) is 9.59 Å². The normalized spacial score (nSPS) is 10.7. The van der Waals surface area contributed by atoms with Crippen LogP contribution < -0.4 is 5.32 Å². The number of nitrogens with one attached hydrogen (secondary N) is 1. The van der Waals surface area contributed by atoms with E-state index in [2.05, 4.69) is 34.5 Å². The van der Waals surface area contributed by atoms with Crippen molar-refractivity contribution in [2.24, 2.45) is 0 Å². The summed E-state index contributed by atoms with van der Waals surface area (Å²) in [4.78, 5) is 31.4. The predicted octanol–water partition coefficient (Wildman–Crippen LogP) is 2.36. The van der Waals surface area contributed by atoms with Crippen molar-refractivity contribution in [2.45, 2.75) is 39.4 Å². The first kappa shape index (κ1) is 33.0. The Morgan fingerprint density at radius 2 is 1.55 bits per heavy atom. The molecule has 0 aromatic rings. The molecule has 0 spiro atoms. The highest BCUT2D eigenvalue weighted by atomic mass is 32.2. The van der Waals surface area contributed by atoms with Gasteiger partial charge in [-0.2, -0.15) is 21.6 Å². The molecule has 0 saturated heterocycles. The zero-order valence-electron chi connectivity index (χ0n) is 18.0. The van der Waals surface area contributed by atoms with Gasteiger partial charge in [-0.3, -0.25) is 9.35 Å². The fraction of sp³-hybridized carbons (Fsp3) is 0.500. The van der Waals surface area contributed by atoms with Gasteiger partial charge in [0.25, 0.3) is 10.1 Å². The van der Waals surface area contributed by atoms with Crippen LogP contribution in [0.25, 0.3) is 0 Å². The Bertz CT molecular complexity index is 771. The molecule has 0 aliphatic rings. The molecule has 31 heavy (non-hydrogen) atoms. The lowest BCUT2D eigenvalue weighted by Crippen LogP contribution is -2.48. The molecule has 0 aromatic heterocycles. The number of rotatable bonds is 7. The number of alkyl halides is 3. The van der Waals surface area contributed by atoms with E-state index in [1.54, 1.807) is 6.92 Å². The molecule has 180 valence electrons. The summed E-state index contributed by atoms with van der Waals surface area (Å²) in [6.07, 6.45) is -3.79. The van der Waals surface area contributed by atoms with Gasteiger partial charge in [-0.15, -0.1) is 0 Å². The third-order valence-electron chi connectivity index (χ3n) is 2.46. The van der Waals surface area contributed by atoms with E-state index in [0.29, 0.717) is 11.6 Å². The van der Waals surface area contributed by atoms with Gasteiger partial charge in [-0.1, -0.05) is 19.7 Å². The summed E-state index contributed by atoms with van der Waals surface area (Å²) in [6, 6.07) is 0. The van der Waals surface area contributed by atoms with E-state index in [9.17, 15) is 36.0 Å². The van der Waals surface area contributed by atoms with Crippen LogP contribution in [0.15, 0.2) is 37.0 Å². The van der Waals surface area contributed by atoms with Crippen molar-refractivity contribution in [2.75, 3.05) is 19.5 Å². The summed E-state index contributed by atoms with van der Waals surface area (Å²) >= 11 is 0. The second-order valence-electron chi connectivity index (χ2n) is 6.54. The summed E-state index contributed by atoms with van der Waals surface area (Å²) in [6.45, 7) is 14.2. The monoisotopic (exact) mass is 475 g/mol. The molecule has 0 saturated carbocycles. The van der Waals surface area contributed by atoms with Gasteiger partial charge in [-0.05, 0) is 27.7 Å². The van der Waals surface area contributed by atoms with Crippen LogP contribution in [0.1, 0.15) is 27.7 Å². The average molecular weight is 475 g/mol. The lowest BCUT2D eigenvalue weighted by atomic mass is 10.1. The SMILES string of the molecule is C=C(C)C(=O)NC(C)(C)CS(=O)(=O)O.C=C(C)C(=O)OC.C=CC(=O)OCC(F)(F)F. The first-order valence-corrected chi connectivity index (χ1v) is 9.81. The number of carbonyl (C=O) groups is 3. The van der Waals surface area contributed by atoms with Crippen molar-refractivity contribution in [3.8, 4) is 0 Å². The molecule has 0 rings (SSSR count). The maximum atomic E-state index is 11.2. The molecule has 13 heteroatoms. The highest BCUT2D eigenvalue weighted by Crippen LogP contribution is 2.14. The Labute approximate surface area is 179 Å². The smallest absolute Gasteiger partial charge is 0.422 e. The van der Waals surface area contributed by atoms with Gasteiger partial charge in [0.05, 0.1) is 18.4 Å². The van der Waals surface area contributed by atoms with E-state index in [4.69, 9.17) is 4.55 Å². The van der Waals surface area contributed by atoms with Crippen LogP contribution in [0.3, 0.4) is 0 Å². The number of amides is 1. The number of esters is 2. The highest BCUT2D eigenvalue weighted by Gasteiger charge is 2.29. The van der Waals surface area contributed by atoms with E-state index in [1.807, 2.05) is 0 Å². The van der Waals surface area contributed by atoms with E-state index in [0.717, 1.165) is 0 Å². The van der Waals surface area contributed by atoms with Crippen LogP contribution in [0.2, 0.25) is 0 Å². The molecule has 0 unspecified atom stereocenters. The average Bonchev–Trinajstić information content (AvgIpc) is 2.56. The van der Waals surface area contributed by atoms with Crippen molar-refractivity contribution in [1.29, 1.82) is 0 Å². The lowest BCUT2D eigenvalue weighted by Gasteiger charge is -2.24. The van der Waals surface area contributed by atoms with Crippen LogP contribution in [0, 0.1) is 0 Å². The summed E-state index contributed by atoms with van der Waals surface area (Å²) in [5.74, 6) is -2.38. The van der Waals surface area contributed by atoms with Crippen LogP contribution in [-0.4, -0.2) is 62.0 Å². The molecule has 0 bridgehead atoms. The van der Waals surface area contributed by atoms with Crippen LogP contribution >= 0.6 is 0 Å². The highest BCUT2D eigenvalue weighted by molar-refractivity contribution is 7.85. The van der Waals surface area contributed by atoms with E-state index in [-0.39, 0.29) is 11.5 Å². The molecular formula is C18H28F3NO8S. The summed E-state index contributed by atoms with van der Waals surface area (Å²) in [7, 11) is -2.77. The topological polar surface area (TPSA) is 136 Å². The molecule has 1 amide bonds. The Balaban J connectivity index is -0.000000404. The van der Waals surface area contributed by atoms with Gasteiger partial charge >= 0.3 is 18.1 Å². The Hall–Kier alpha value is -2.67. The molecule has 0 fully saturated rings. The zero-order valence-corrected chi connectivity index (χ0v) is 18.8. The first-order valence-electron chi connectivity index (χ1n) is 8.20. The fourth-order valence-corrected chi connectivity index (χ4v) is 2.28. The second kappa shape index (κ2) is 14.4. The van der Waals surface area contributed by atoms with Gasteiger partial charge < -0.3 is 14.8 Å². The van der Waals surface area contributed by atoms with Crippen molar-refractivity contribution < 1.29 is 50.0 Å². The molecule has 0 aromatic carbocycles. The molecule has 0 radical (unpaired) electrons. The van der Waals surface area contributed by atoms with Crippen LogP contribution in [0.5, 0.6) is 0 Å². The predicted molar refractivity (Wildman–Crippen MR) is 107 cm³/mol. The second-order valence-corrected chi connectivity index (χ2v) is 8.00. The van der Waals surface area contributed by atoms with Crippen molar-refractivity contribution in [3.63, 3.8) is 0 Å². The summed E-state index contributed by atoms with van der Waals surface area (Å²) in [5, 5.41) is 2.43. The Kier molecular flexibility index (Phi) is 15.3. The van der Waals surface area contributed by atoms with Crippen LogP contribution in [0.4, 0.5) is 13.2 Å². The van der Waals surface area contributed by atoms with E-state index < -0.39 is 46.1 Å². The molecular weight excluding hydrogens is 447 g/mol. The van der Waals surface area contributed by atoms with Crippen molar-refractivity contribution >= 4 is 28.0 Å². The fourth-order valence-electron chi connectivity index (χ4n) is 1.29. The molecule has 0 heterocycles. The third-order valence-corrected chi connectivity index (χ3v) is 3.55. The first-order chi connectivity index (χ1) is 13.7. The Morgan fingerprint density at radius 3 is 1.77 bits per heavy atom. The number of carbonyl (C=O) groups excluding carboxylic acids is 3. The van der Waals surface area contributed by atoms with Gasteiger partial charge in [0.1, 0.15) is 0 Å². The number of hydrogen-bond donors (Lipinski definition) is 2. The number of methoxy groups -OCH3 is 1. The van der Waals surface area contributed by atoms with Gasteiger partial charge in [0, 0.05) is 17.2 Å². The maximum absolute atomic E-state index is 11.2. The standard InChI is InChI=1S/C8H15NO4S.C5H5F3O2.C5H8O2/c1-6(2)7(10)9-8(3,4)5-14(11,12)13;1-2-4(9)10-3-5(6,7)8;1-4(2)5(6)7-3/h1,5H2,2-4H3,(H,9,10)(H,11,12,13);2H,1,3H2;1H2,2-3H3. The van der Waals surface area contributed by atoms with E-state index >= 15 is 0 Å². The third kappa shape index (κ3) is 25.3. The molecule has 0 aliphatic carbocycles. The number of hydrogen-bond acceptors (Lipinski definition) is 7. The summed E-state index contributed by atoms with van der Waals surface area (Å²) < 4.78 is 71.4. The maximum Gasteiger partial charge on any atom is 0.422 e. The quantitative estimate of drug-likeness (QED) is 0.325. The van der Waals surface area contributed by atoms with Crippen LogP contribution in [-0.2, 0) is 34.0 Å². The summed E-state index contributed by atoms with van der Waals surface area (Å²) in [5.41, 5.74) is -0.292. The van der Waals surface area contributed by atoms with E-state index in [1.165, 1.54) is 27.9 Å².